The van der Waals surface area contributed by atoms with E-state index in [-0.39, 0.29) is 13.3 Å². The molecule has 0 fully saturated rings. The van der Waals surface area contributed by atoms with Crippen LogP contribution in [0.3, 0.4) is 0 Å². The quantitative estimate of drug-likeness (QED) is 0.0858. The van der Waals surface area contributed by atoms with Crippen LogP contribution >= 0.6 is 0 Å². The number of carboxylic acids is 1. The first-order valence-corrected chi connectivity index (χ1v) is 8.05. The van der Waals surface area contributed by atoms with E-state index < -0.39 is 36.4 Å². The van der Waals surface area contributed by atoms with Crippen LogP contribution in [0.15, 0.2) is 30.3 Å². The van der Waals surface area contributed by atoms with E-state index in [1.807, 2.05) is 6.07 Å². The molecular weight excluding hydrogens is 360 g/mol. The highest BCUT2D eigenvalue weighted by Gasteiger charge is 2.27. The predicted octanol–water partition coefficient (Wildman–Crippen LogP) is -2.19. The van der Waals surface area contributed by atoms with Crippen LogP contribution in [0.4, 0.5) is 0 Å². The van der Waals surface area contributed by atoms with Crippen LogP contribution in [-0.2, 0) is 19.2 Å². The van der Waals surface area contributed by atoms with Crippen molar-refractivity contribution >= 4 is 18.2 Å². The lowest BCUT2D eigenvalue weighted by Crippen LogP contribution is -2.56. The van der Waals surface area contributed by atoms with Gasteiger partial charge < -0.3 is 25.4 Å². The molecule has 0 aliphatic carbocycles. The van der Waals surface area contributed by atoms with Crippen molar-refractivity contribution in [3.05, 3.63) is 35.9 Å². The normalized spacial score (nSPS) is 15.4. The van der Waals surface area contributed by atoms with E-state index >= 15 is 0 Å². The van der Waals surface area contributed by atoms with Gasteiger partial charge in [0, 0.05) is 13.5 Å². The molecule has 0 bridgehead atoms. The molecule has 0 radical (unpaired) electrons. The zero-order chi connectivity index (χ0) is 20.2. The molecular formula is C16H24N4O7. The molecule has 11 nitrogen and oxygen atoms in total. The lowest BCUT2D eigenvalue weighted by molar-refractivity contribution is -0.145. The molecule has 0 saturated heterocycles. The average Bonchev–Trinajstić information content (AvgIpc) is 2.64. The second kappa shape index (κ2) is 12.1. The van der Waals surface area contributed by atoms with E-state index in [2.05, 4.69) is 21.4 Å². The minimum Gasteiger partial charge on any atom is -0.480 e. The molecule has 150 valence electrons. The largest absolute Gasteiger partial charge is 0.480 e. The fourth-order valence-electron chi connectivity index (χ4n) is 2.02. The summed E-state index contributed by atoms with van der Waals surface area (Å²) < 4.78 is 0. The van der Waals surface area contributed by atoms with Crippen LogP contribution in [0.5, 0.6) is 0 Å². The van der Waals surface area contributed by atoms with Gasteiger partial charge in [0.15, 0.2) is 6.04 Å². The highest BCUT2D eigenvalue weighted by atomic mass is 16.7. The molecule has 0 aromatic heterocycles. The minimum absolute atomic E-state index is 0.176. The number of nitrogens with one attached hydrogen (secondary N) is 4. The van der Waals surface area contributed by atoms with Gasteiger partial charge in [-0.3, -0.25) is 20.3 Å². The molecule has 1 aromatic rings. The van der Waals surface area contributed by atoms with Crippen LogP contribution < -0.4 is 21.4 Å². The zero-order valence-corrected chi connectivity index (χ0v) is 14.7. The van der Waals surface area contributed by atoms with Gasteiger partial charge in [-0.15, -0.1) is 0 Å². The van der Waals surface area contributed by atoms with Gasteiger partial charge in [0.1, 0.15) is 31.5 Å². The van der Waals surface area contributed by atoms with Gasteiger partial charge in [0.05, 0.1) is 0 Å². The number of hydroxylamine groups is 1. The maximum Gasteiger partial charge on any atom is 0.330 e. The van der Waals surface area contributed by atoms with Crippen molar-refractivity contribution in [2.75, 3.05) is 13.3 Å². The van der Waals surface area contributed by atoms with Gasteiger partial charge in [-0.05, 0) is 5.56 Å². The number of hydrogen-bond donors (Lipinski definition) is 7. The fraction of sp³-hybridized carbons (Fsp3) is 0.438. The molecule has 4 atom stereocenters. The second-order valence-corrected chi connectivity index (χ2v) is 5.52. The van der Waals surface area contributed by atoms with E-state index in [1.54, 1.807) is 24.3 Å². The van der Waals surface area contributed by atoms with E-state index in [9.17, 15) is 24.6 Å². The number of aliphatic hydroxyl groups excluding tert-OH is 2. The number of hydrogen-bond acceptors (Lipinski definition) is 9. The van der Waals surface area contributed by atoms with Gasteiger partial charge in [0.2, 0.25) is 5.91 Å². The monoisotopic (exact) mass is 384 g/mol. The van der Waals surface area contributed by atoms with Gasteiger partial charge >= 0.3 is 5.97 Å². The molecule has 0 saturated carbocycles. The smallest absolute Gasteiger partial charge is 0.330 e. The van der Waals surface area contributed by atoms with Crippen molar-refractivity contribution in [3.63, 3.8) is 0 Å². The number of carbonyl (C=O) groups excluding carboxylic acids is 2. The summed E-state index contributed by atoms with van der Waals surface area (Å²) in [6.07, 6.45) is -2.14. The standard InChI is InChI=1S/C16H24N4O7/c1-10(22)19-14(16(25)26)15(24)17-7-13(23)18-9-27-20-12(8-21)11-5-3-2-4-6-11/h2-6,8,12-15,17-18,20,23-24H,7,9H2,1H3,(H,19,22)(H,25,26)/t12-,13+,14+,15?/m1/s1. The van der Waals surface area contributed by atoms with Gasteiger partial charge in [-0.2, -0.15) is 5.48 Å². The molecule has 1 rings (SSSR count). The number of aliphatic carboxylic acids is 1. The molecule has 0 heterocycles. The number of benzene rings is 1. The minimum atomic E-state index is -1.61. The van der Waals surface area contributed by atoms with Crippen molar-refractivity contribution in [2.24, 2.45) is 0 Å². The molecule has 7 N–H and O–H groups in total. The predicted molar refractivity (Wildman–Crippen MR) is 92.7 cm³/mol. The van der Waals surface area contributed by atoms with Crippen molar-refractivity contribution in [1.29, 1.82) is 0 Å². The SMILES string of the molecule is CC(=O)N[C@H](C(=O)O)C(O)NC[C@H](O)NCON[C@H](C=O)c1ccccc1. The Labute approximate surface area is 155 Å². The lowest BCUT2D eigenvalue weighted by Gasteiger charge is -2.22. The van der Waals surface area contributed by atoms with Crippen LogP contribution in [0, 0.1) is 0 Å². The van der Waals surface area contributed by atoms with Crippen LogP contribution in [0.2, 0.25) is 0 Å². The third-order valence-electron chi connectivity index (χ3n) is 3.36. The molecule has 0 aliphatic rings. The van der Waals surface area contributed by atoms with E-state index in [0.717, 1.165) is 6.92 Å². The maximum absolute atomic E-state index is 11.1. The number of carbonyl (C=O) groups is 3. The van der Waals surface area contributed by atoms with Crippen LogP contribution in [0.1, 0.15) is 18.5 Å². The van der Waals surface area contributed by atoms with Gasteiger partial charge in [-0.1, -0.05) is 30.3 Å². The van der Waals surface area contributed by atoms with Gasteiger partial charge in [-0.25, -0.2) is 4.79 Å². The zero-order valence-electron chi connectivity index (χ0n) is 14.7. The highest BCUT2D eigenvalue weighted by Crippen LogP contribution is 2.09. The van der Waals surface area contributed by atoms with Crippen molar-refractivity contribution in [2.45, 2.75) is 31.5 Å². The Morgan fingerprint density at radius 3 is 2.41 bits per heavy atom. The van der Waals surface area contributed by atoms with Crippen molar-refractivity contribution in [1.82, 2.24) is 21.4 Å². The van der Waals surface area contributed by atoms with Gasteiger partial charge in [0.25, 0.3) is 0 Å². The molecule has 0 aliphatic heterocycles. The summed E-state index contributed by atoms with van der Waals surface area (Å²) in [7, 11) is 0. The number of aldehydes is 1. The number of carboxylic acid groups (broad SMARTS) is 1. The number of amides is 1. The number of rotatable bonds is 13. The topological polar surface area (TPSA) is 169 Å². The van der Waals surface area contributed by atoms with Crippen molar-refractivity contribution in [3.8, 4) is 0 Å². The molecule has 27 heavy (non-hydrogen) atoms. The summed E-state index contributed by atoms with van der Waals surface area (Å²) in [5.74, 6) is -2.05. The Morgan fingerprint density at radius 1 is 1.19 bits per heavy atom. The Kier molecular flexibility index (Phi) is 10.1. The Bertz CT molecular complexity index is 602. The van der Waals surface area contributed by atoms with E-state index in [4.69, 9.17) is 9.94 Å². The summed E-state index contributed by atoms with van der Waals surface area (Å²) >= 11 is 0. The average molecular weight is 384 g/mol. The first kappa shape index (κ1) is 22.6. The summed E-state index contributed by atoms with van der Waals surface area (Å²) in [5, 5.41) is 35.4. The lowest BCUT2D eigenvalue weighted by atomic mass is 10.1. The Balaban J connectivity index is 2.30. The fourth-order valence-corrected chi connectivity index (χ4v) is 2.02. The molecule has 1 amide bonds. The van der Waals surface area contributed by atoms with E-state index in [1.165, 1.54) is 0 Å². The maximum atomic E-state index is 11.1. The Morgan fingerprint density at radius 2 is 1.85 bits per heavy atom. The molecule has 11 heteroatoms. The Hall–Kier alpha value is -2.41. The second-order valence-electron chi connectivity index (χ2n) is 5.52. The summed E-state index contributed by atoms with van der Waals surface area (Å²) in [6.45, 7) is 0.708. The molecule has 1 aromatic carbocycles. The molecule has 1 unspecified atom stereocenters. The number of aliphatic hydroxyl groups is 2. The van der Waals surface area contributed by atoms with Crippen molar-refractivity contribution < 1.29 is 34.5 Å². The first-order valence-electron chi connectivity index (χ1n) is 8.05. The summed E-state index contributed by atoms with van der Waals surface area (Å²) in [6, 6.07) is 6.61. The summed E-state index contributed by atoms with van der Waals surface area (Å²) in [4.78, 5) is 38.1. The van der Waals surface area contributed by atoms with Crippen LogP contribution in [0.25, 0.3) is 0 Å². The van der Waals surface area contributed by atoms with Crippen LogP contribution in [-0.4, -0.2) is 65.3 Å². The third kappa shape index (κ3) is 8.68. The van der Waals surface area contributed by atoms with E-state index in [0.29, 0.717) is 11.8 Å². The first-order chi connectivity index (χ1) is 12.8. The third-order valence-corrected chi connectivity index (χ3v) is 3.36. The summed E-state index contributed by atoms with van der Waals surface area (Å²) in [5.41, 5.74) is 3.23. The highest BCUT2D eigenvalue weighted by molar-refractivity contribution is 5.82. The molecule has 0 spiro atoms.